The molecule has 2 heterocycles. The van der Waals surface area contributed by atoms with Gasteiger partial charge in [-0.05, 0) is 23.5 Å². The highest BCUT2D eigenvalue weighted by atomic mass is 32.2. The molecule has 1 aromatic carbocycles. The lowest BCUT2D eigenvalue weighted by Gasteiger charge is -2.25. The van der Waals surface area contributed by atoms with Gasteiger partial charge in [-0.2, -0.15) is 4.99 Å². The van der Waals surface area contributed by atoms with Crippen LogP contribution >= 0.6 is 11.8 Å². The quantitative estimate of drug-likeness (QED) is 0.854. The second-order valence-electron chi connectivity index (χ2n) is 5.46. The molecule has 0 spiro atoms. The molecular formula is C17H17N3O3S. The molecule has 1 atom stereocenters. The Bertz CT molecular complexity index is 715. The van der Waals surface area contributed by atoms with E-state index >= 15 is 0 Å². The normalized spacial score (nSPS) is 19.2. The number of hydrogen-bond donors (Lipinski definition) is 1. The fourth-order valence-corrected chi connectivity index (χ4v) is 3.43. The number of carbonyl (C=O) groups is 3. The molecule has 2 aliphatic heterocycles. The average Bonchev–Trinajstić information content (AvgIpc) is 3.05. The topological polar surface area (TPSA) is 78.8 Å². The van der Waals surface area contributed by atoms with Gasteiger partial charge < -0.3 is 5.32 Å². The molecule has 124 valence electrons. The summed E-state index contributed by atoms with van der Waals surface area (Å²) in [6, 6.07) is 9.19. The van der Waals surface area contributed by atoms with E-state index < -0.39 is 11.3 Å². The van der Waals surface area contributed by atoms with Crippen LogP contribution in [0.2, 0.25) is 0 Å². The van der Waals surface area contributed by atoms with Crippen molar-refractivity contribution in [2.75, 3.05) is 13.1 Å². The van der Waals surface area contributed by atoms with Crippen molar-refractivity contribution in [2.24, 2.45) is 4.99 Å². The molecule has 0 saturated carbocycles. The summed E-state index contributed by atoms with van der Waals surface area (Å²) in [5, 5.41) is 4.09. The van der Waals surface area contributed by atoms with Crippen molar-refractivity contribution in [1.29, 1.82) is 0 Å². The maximum atomic E-state index is 12.3. The Morgan fingerprint density at radius 3 is 2.83 bits per heavy atom. The highest BCUT2D eigenvalue weighted by molar-refractivity contribution is 8.04. The van der Waals surface area contributed by atoms with Crippen LogP contribution in [-0.4, -0.2) is 46.8 Å². The molecule has 0 fully saturated rings. The van der Waals surface area contributed by atoms with Crippen molar-refractivity contribution in [3.63, 3.8) is 0 Å². The number of thioether (sulfide) groups is 1. The molecule has 1 N–H and O–H groups in total. The van der Waals surface area contributed by atoms with Crippen LogP contribution in [0.15, 0.2) is 46.8 Å². The summed E-state index contributed by atoms with van der Waals surface area (Å²) >= 11 is 1.34. The summed E-state index contributed by atoms with van der Waals surface area (Å²) in [6.07, 6.45) is 2.72. The molecule has 1 aromatic rings. The highest BCUT2D eigenvalue weighted by Gasteiger charge is 2.38. The van der Waals surface area contributed by atoms with Gasteiger partial charge in [-0.3, -0.25) is 14.5 Å². The molecular weight excluding hydrogens is 326 g/mol. The van der Waals surface area contributed by atoms with Crippen molar-refractivity contribution < 1.29 is 14.4 Å². The number of allylic oxidation sites excluding steroid dienone is 1. The summed E-state index contributed by atoms with van der Waals surface area (Å²) < 4.78 is 0. The lowest BCUT2D eigenvalue weighted by Crippen LogP contribution is -2.49. The number of rotatable bonds is 6. The number of nitrogens with one attached hydrogen (secondary N) is 1. The third-order valence-corrected chi connectivity index (χ3v) is 4.82. The van der Waals surface area contributed by atoms with Crippen LogP contribution in [0.1, 0.15) is 12.0 Å². The molecule has 3 rings (SSSR count). The summed E-state index contributed by atoms with van der Waals surface area (Å²) in [4.78, 5) is 41.0. The molecule has 0 bridgehead atoms. The van der Waals surface area contributed by atoms with Crippen LogP contribution in [0, 0.1) is 0 Å². The Labute approximate surface area is 144 Å². The molecule has 7 heteroatoms. The molecule has 6 nitrogen and oxygen atoms in total. The van der Waals surface area contributed by atoms with Crippen LogP contribution in [-0.2, 0) is 16.0 Å². The number of carbonyl (C=O) groups excluding carboxylic acids is 3. The van der Waals surface area contributed by atoms with Crippen LogP contribution in [0.4, 0.5) is 4.79 Å². The number of benzene rings is 1. The van der Waals surface area contributed by atoms with E-state index in [1.807, 2.05) is 30.3 Å². The van der Waals surface area contributed by atoms with Crippen molar-refractivity contribution in [3.05, 3.63) is 47.4 Å². The summed E-state index contributed by atoms with van der Waals surface area (Å²) in [5.41, 5.74) is 1.61. The van der Waals surface area contributed by atoms with Gasteiger partial charge in [0, 0.05) is 19.5 Å². The first-order valence-electron chi connectivity index (χ1n) is 7.72. The molecule has 0 aromatic heterocycles. The maximum Gasteiger partial charge on any atom is 0.350 e. The zero-order chi connectivity index (χ0) is 16.9. The van der Waals surface area contributed by atoms with Gasteiger partial charge >= 0.3 is 6.03 Å². The van der Waals surface area contributed by atoms with E-state index in [1.54, 1.807) is 11.5 Å². The number of aryl methyl sites for hydroxylation is 1. The molecule has 1 unspecified atom stereocenters. The first-order valence-corrected chi connectivity index (χ1v) is 8.66. The lowest BCUT2D eigenvalue weighted by atomic mass is 10.1. The standard InChI is InChI=1S/C17H17N3O3S/c21-14(7-6-12-4-2-1-3-5-12)18-9-10-20-16(22)15-13(8-11-24-15)19-17(20)23/h1-5,8,11,15H,6-7,9-10H2,(H,18,21). The summed E-state index contributed by atoms with van der Waals surface area (Å²) in [5.74, 6) is -0.365. The fourth-order valence-electron chi connectivity index (χ4n) is 2.54. The third-order valence-electron chi connectivity index (χ3n) is 3.81. The Morgan fingerprint density at radius 2 is 2.04 bits per heavy atom. The third kappa shape index (κ3) is 3.73. The molecule has 0 aliphatic carbocycles. The average molecular weight is 343 g/mol. The van der Waals surface area contributed by atoms with Gasteiger partial charge in [-0.25, -0.2) is 4.79 Å². The SMILES string of the molecule is O=C(CCc1ccccc1)NCCN1C(=O)N=C2C=CSC2C1=O. The predicted molar refractivity (Wildman–Crippen MR) is 92.8 cm³/mol. The van der Waals surface area contributed by atoms with Crippen LogP contribution in [0.25, 0.3) is 0 Å². The van der Waals surface area contributed by atoms with Crippen LogP contribution < -0.4 is 5.32 Å². The van der Waals surface area contributed by atoms with Crippen molar-refractivity contribution in [1.82, 2.24) is 10.2 Å². The van der Waals surface area contributed by atoms with E-state index in [4.69, 9.17) is 0 Å². The van der Waals surface area contributed by atoms with Gasteiger partial charge in [0.25, 0.3) is 0 Å². The van der Waals surface area contributed by atoms with Gasteiger partial charge in [0.05, 0.1) is 5.71 Å². The number of amides is 4. The number of urea groups is 1. The van der Waals surface area contributed by atoms with Crippen LogP contribution in [0.5, 0.6) is 0 Å². The smallest absolute Gasteiger partial charge is 0.350 e. The largest absolute Gasteiger partial charge is 0.354 e. The monoisotopic (exact) mass is 343 g/mol. The minimum Gasteiger partial charge on any atom is -0.354 e. The highest BCUT2D eigenvalue weighted by Crippen LogP contribution is 2.27. The number of imide groups is 1. The van der Waals surface area contributed by atoms with Gasteiger partial charge in [-0.15, -0.1) is 11.8 Å². The van der Waals surface area contributed by atoms with Crippen molar-refractivity contribution in [2.45, 2.75) is 18.1 Å². The molecule has 0 saturated heterocycles. The number of aliphatic imine (C=N–C) groups is 1. The van der Waals surface area contributed by atoms with Crippen LogP contribution in [0.3, 0.4) is 0 Å². The Morgan fingerprint density at radius 1 is 1.25 bits per heavy atom. The molecule has 24 heavy (non-hydrogen) atoms. The van der Waals surface area contributed by atoms with Crippen molar-refractivity contribution >= 4 is 35.3 Å². The zero-order valence-corrected chi connectivity index (χ0v) is 13.8. The fraction of sp³-hybridized carbons (Fsp3) is 0.294. The second-order valence-corrected chi connectivity index (χ2v) is 6.48. The Kier molecular flexibility index (Phi) is 5.10. The summed E-state index contributed by atoms with van der Waals surface area (Å²) in [7, 11) is 0. The Balaban J connectivity index is 1.44. The second kappa shape index (κ2) is 7.44. The van der Waals surface area contributed by atoms with Crippen molar-refractivity contribution in [3.8, 4) is 0 Å². The zero-order valence-electron chi connectivity index (χ0n) is 13.0. The molecule has 2 aliphatic rings. The van der Waals surface area contributed by atoms with Gasteiger partial charge in [0.1, 0.15) is 5.25 Å². The Hall–Kier alpha value is -2.41. The summed E-state index contributed by atoms with van der Waals surface area (Å²) in [6.45, 7) is 0.378. The molecule has 4 amide bonds. The van der Waals surface area contributed by atoms with Gasteiger partial charge in [0.2, 0.25) is 11.8 Å². The van der Waals surface area contributed by atoms with E-state index in [0.717, 1.165) is 10.5 Å². The maximum absolute atomic E-state index is 12.3. The molecule has 0 radical (unpaired) electrons. The minimum atomic E-state index is -0.558. The van der Waals surface area contributed by atoms with E-state index in [-0.39, 0.29) is 24.9 Å². The lowest BCUT2D eigenvalue weighted by molar-refractivity contribution is -0.127. The first-order chi connectivity index (χ1) is 11.6. The van der Waals surface area contributed by atoms with E-state index in [0.29, 0.717) is 18.6 Å². The number of fused-ring (bicyclic) bond motifs is 1. The van der Waals surface area contributed by atoms with E-state index in [9.17, 15) is 14.4 Å². The predicted octanol–water partition coefficient (Wildman–Crippen LogP) is 1.77. The first kappa shape index (κ1) is 16.4. The number of nitrogens with zero attached hydrogens (tertiary/aromatic N) is 2. The minimum absolute atomic E-state index is 0.100. The van der Waals surface area contributed by atoms with Gasteiger partial charge in [-0.1, -0.05) is 30.3 Å². The van der Waals surface area contributed by atoms with Gasteiger partial charge in [0.15, 0.2) is 0 Å². The number of hydrogen-bond acceptors (Lipinski definition) is 4. The van der Waals surface area contributed by atoms with E-state index in [1.165, 1.54) is 11.8 Å². The van der Waals surface area contributed by atoms with E-state index in [2.05, 4.69) is 10.3 Å².